The van der Waals surface area contributed by atoms with Gasteiger partial charge in [-0.25, -0.2) is 0 Å². The van der Waals surface area contributed by atoms with E-state index in [1.165, 1.54) is 0 Å². The molecule has 0 saturated heterocycles. The molecule has 0 rings (SSSR count). The number of ether oxygens (including phenoxy) is 1. The first kappa shape index (κ1) is 7.28. The minimum absolute atomic E-state index is 0.866. The van der Waals surface area contributed by atoms with Crippen molar-refractivity contribution in [2.75, 3.05) is 7.11 Å². The summed E-state index contributed by atoms with van der Waals surface area (Å²) < 4.78 is 4.92. The van der Waals surface area contributed by atoms with E-state index in [0.717, 1.165) is 11.3 Å². The van der Waals surface area contributed by atoms with Crippen molar-refractivity contribution in [3.05, 3.63) is 24.0 Å². The summed E-state index contributed by atoms with van der Waals surface area (Å²) in [6.07, 6.45) is 1.89. The van der Waals surface area contributed by atoms with Crippen molar-refractivity contribution in [1.82, 2.24) is 0 Å². The number of allylic oxidation sites excluding steroid dienone is 2. The first-order valence-corrected chi connectivity index (χ1v) is 2.58. The van der Waals surface area contributed by atoms with Gasteiger partial charge in [0.1, 0.15) is 5.76 Å². The zero-order valence-corrected chi connectivity index (χ0v) is 5.69. The van der Waals surface area contributed by atoms with E-state index in [1.54, 1.807) is 7.11 Å². The maximum atomic E-state index is 4.92. The van der Waals surface area contributed by atoms with Gasteiger partial charge in [-0.15, -0.1) is 0 Å². The quantitative estimate of drug-likeness (QED) is 0.392. The van der Waals surface area contributed by atoms with Gasteiger partial charge >= 0.3 is 0 Å². The summed E-state index contributed by atoms with van der Waals surface area (Å²) in [5.74, 6) is 0.866. The lowest BCUT2D eigenvalue weighted by Crippen LogP contribution is -1.84. The molecule has 0 aliphatic carbocycles. The molecule has 0 amide bonds. The molecule has 0 aliphatic heterocycles. The molecule has 0 heterocycles. The van der Waals surface area contributed by atoms with Crippen LogP contribution in [0.3, 0.4) is 0 Å². The van der Waals surface area contributed by atoms with Crippen LogP contribution in [-0.4, -0.2) is 7.11 Å². The van der Waals surface area contributed by atoms with Crippen LogP contribution in [0.2, 0.25) is 0 Å². The molecular weight excluding hydrogens is 100 g/mol. The molecule has 0 unspecified atom stereocenters. The highest BCUT2D eigenvalue weighted by atomic mass is 16.5. The van der Waals surface area contributed by atoms with Crippen LogP contribution >= 0.6 is 0 Å². The molecular formula is C7H12O. The zero-order valence-electron chi connectivity index (χ0n) is 5.69. The topological polar surface area (TPSA) is 9.23 Å². The Morgan fingerprint density at radius 1 is 1.62 bits per heavy atom. The predicted molar refractivity (Wildman–Crippen MR) is 35.6 cm³/mol. The molecule has 0 atom stereocenters. The molecule has 0 aromatic rings. The molecule has 0 spiro atoms. The SMILES string of the molecule is C=C(C)C(=CC)OC. The maximum Gasteiger partial charge on any atom is 0.116 e. The Balaban J connectivity index is 3.92. The van der Waals surface area contributed by atoms with E-state index in [2.05, 4.69) is 6.58 Å². The van der Waals surface area contributed by atoms with Crippen molar-refractivity contribution >= 4 is 0 Å². The summed E-state index contributed by atoms with van der Waals surface area (Å²) in [6.45, 7) is 7.54. The third kappa shape index (κ3) is 1.82. The number of hydrogen-bond donors (Lipinski definition) is 0. The summed E-state index contributed by atoms with van der Waals surface area (Å²) in [5, 5.41) is 0. The fourth-order valence-corrected chi connectivity index (χ4v) is 0.538. The Hall–Kier alpha value is -0.720. The van der Waals surface area contributed by atoms with E-state index in [0.29, 0.717) is 0 Å². The highest BCUT2D eigenvalue weighted by molar-refractivity contribution is 5.18. The Morgan fingerprint density at radius 3 is 2.12 bits per heavy atom. The Kier molecular flexibility index (Phi) is 3.01. The average Bonchev–Trinajstić information content (AvgIpc) is 1.69. The number of rotatable bonds is 2. The van der Waals surface area contributed by atoms with Gasteiger partial charge in [-0.05, 0) is 25.5 Å². The summed E-state index contributed by atoms with van der Waals surface area (Å²) in [6, 6.07) is 0. The smallest absolute Gasteiger partial charge is 0.116 e. The molecule has 0 fully saturated rings. The van der Waals surface area contributed by atoms with E-state index in [4.69, 9.17) is 4.74 Å². The van der Waals surface area contributed by atoms with E-state index >= 15 is 0 Å². The molecule has 0 aromatic heterocycles. The van der Waals surface area contributed by atoms with Gasteiger partial charge < -0.3 is 4.74 Å². The van der Waals surface area contributed by atoms with Gasteiger partial charge in [0.25, 0.3) is 0 Å². The molecule has 0 saturated carbocycles. The second-order valence-corrected chi connectivity index (χ2v) is 1.64. The van der Waals surface area contributed by atoms with Crippen molar-refractivity contribution in [3.63, 3.8) is 0 Å². The van der Waals surface area contributed by atoms with Crippen molar-refractivity contribution in [1.29, 1.82) is 0 Å². The number of hydrogen-bond acceptors (Lipinski definition) is 1. The van der Waals surface area contributed by atoms with Crippen LogP contribution in [0.1, 0.15) is 13.8 Å². The van der Waals surface area contributed by atoms with Gasteiger partial charge in [-0.3, -0.25) is 0 Å². The zero-order chi connectivity index (χ0) is 6.57. The maximum absolute atomic E-state index is 4.92. The van der Waals surface area contributed by atoms with Crippen molar-refractivity contribution in [2.45, 2.75) is 13.8 Å². The van der Waals surface area contributed by atoms with Crippen molar-refractivity contribution in [3.8, 4) is 0 Å². The van der Waals surface area contributed by atoms with Crippen LogP contribution in [0, 0.1) is 0 Å². The van der Waals surface area contributed by atoms with Crippen LogP contribution in [0.5, 0.6) is 0 Å². The van der Waals surface area contributed by atoms with Crippen molar-refractivity contribution in [2.24, 2.45) is 0 Å². The third-order valence-corrected chi connectivity index (χ3v) is 0.903. The lowest BCUT2D eigenvalue weighted by Gasteiger charge is -2.01. The standard InChI is InChI=1S/C7H12O/c1-5-7(8-4)6(2)3/h5H,2H2,1,3-4H3. The highest BCUT2D eigenvalue weighted by Crippen LogP contribution is 2.04. The Bertz CT molecular complexity index is 112. The van der Waals surface area contributed by atoms with Gasteiger partial charge in [0, 0.05) is 0 Å². The second-order valence-electron chi connectivity index (χ2n) is 1.64. The minimum Gasteiger partial charge on any atom is -0.497 e. The van der Waals surface area contributed by atoms with Crippen LogP contribution in [0.15, 0.2) is 24.0 Å². The summed E-state index contributed by atoms with van der Waals surface area (Å²) in [4.78, 5) is 0. The normalized spacial score (nSPS) is 11.1. The predicted octanol–water partition coefficient (Wildman–Crippen LogP) is 2.11. The molecule has 0 aliphatic rings. The van der Waals surface area contributed by atoms with Crippen LogP contribution < -0.4 is 0 Å². The van der Waals surface area contributed by atoms with E-state index in [9.17, 15) is 0 Å². The molecule has 0 N–H and O–H groups in total. The van der Waals surface area contributed by atoms with E-state index in [-0.39, 0.29) is 0 Å². The molecule has 46 valence electrons. The molecule has 0 aromatic carbocycles. The largest absolute Gasteiger partial charge is 0.497 e. The summed E-state index contributed by atoms with van der Waals surface area (Å²) in [7, 11) is 1.64. The van der Waals surface area contributed by atoms with Crippen molar-refractivity contribution < 1.29 is 4.74 Å². The monoisotopic (exact) mass is 112 g/mol. The highest BCUT2D eigenvalue weighted by Gasteiger charge is 1.90. The van der Waals surface area contributed by atoms with Gasteiger partial charge in [0.2, 0.25) is 0 Å². The lowest BCUT2D eigenvalue weighted by atomic mass is 10.3. The van der Waals surface area contributed by atoms with Crippen LogP contribution in [0.25, 0.3) is 0 Å². The Morgan fingerprint density at radius 2 is 2.12 bits per heavy atom. The van der Waals surface area contributed by atoms with Gasteiger partial charge in [0.15, 0.2) is 0 Å². The fraction of sp³-hybridized carbons (Fsp3) is 0.429. The lowest BCUT2D eigenvalue weighted by molar-refractivity contribution is 0.300. The molecule has 1 heteroatoms. The van der Waals surface area contributed by atoms with Crippen LogP contribution in [-0.2, 0) is 4.74 Å². The van der Waals surface area contributed by atoms with Gasteiger partial charge in [0.05, 0.1) is 7.11 Å². The van der Waals surface area contributed by atoms with Crippen LogP contribution in [0.4, 0.5) is 0 Å². The molecule has 1 nitrogen and oxygen atoms in total. The molecule has 8 heavy (non-hydrogen) atoms. The number of methoxy groups -OCH3 is 1. The van der Waals surface area contributed by atoms with E-state index in [1.807, 2.05) is 19.9 Å². The average molecular weight is 112 g/mol. The summed E-state index contributed by atoms with van der Waals surface area (Å²) in [5.41, 5.74) is 0.968. The van der Waals surface area contributed by atoms with E-state index < -0.39 is 0 Å². The van der Waals surface area contributed by atoms with Gasteiger partial charge in [-0.2, -0.15) is 0 Å². The Labute approximate surface area is 50.7 Å². The van der Waals surface area contributed by atoms with Gasteiger partial charge in [-0.1, -0.05) is 6.58 Å². The molecule has 0 bridgehead atoms. The summed E-state index contributed by atoms with van der Waals surface area (Å²) >= 11 is 0. The first-order chi connectivity index (χ1) is 3.72. The first-order valence-electron chi connectivity index (χ1n) is 2.58. The second kappa shape index (κ2) is 3.30. The fourth-order valence-electron chi connectivity index (χ4n) is 0.538. The minimum atomic E-state index is 0.866. The third-order valence-electron chi connectivity index (χ3n) is 0.903. The molecule has 0 radical (unpaired) electrons.